The van der Waals surface area contributed by atoms with Gasteiger partial charge in [0.2, 0.25) is 5.75 Å². The summed E-state index contributed by atoms with van der Waals surface area (Å²) in [5, 5.41) is 29.2. The quantitative estimate of drug-likeness (QED) is 0.849. The van der Waals surface area contributed by atoms with Crippen LogP contribution >= 0.6 is 0 Å². The number of nitrogen functional groups attached to an aromatic ring is 1. The first-order valence-electron chi connectivity index (χ1n) is 8.42. The minimum atomic E-state index is -0.0898. The molecular weight excluding hydrogens is 356 g/mol. The number of nitriles is 2. The van der Waals surface area contributed by atoms with Crippen LogP contribution in [0.2, 0.25) is 0 Å². The molecule has 1 aromatic carbocycles. The number of pyridine rings is 1. The molecular formula is C21H19N4O3+. The number of aromatic amines is 1. The number of anilines is 1. The molecule has 1 aliphatic rings. The lowest BCUT2D eigenvalue weighted by Crippen LogP contribution is -2.20. The van der Waals surface area contributed by atoms with E-state index in [0.717, 1.165) is 16.7 Å². The van der Waals surface area contributed by atoms with Crippen molar-refractivity contribution in [2.24, 2.45) is 0 Å². The number of phenols is 1. The van der Waals surface area contributed by atoms with Crippen LogP contribution in [0.25, 0.3) is 17.2 Å². The topological polar surface area (TPSA) is 126 Å². The van der Waals surface area contributed by atoms with Crippen LogP contribution in [0.4, 0.5) is 5.82 Å². The Morgan fingerprint density at radius 2 is 1.71 bits per heavy atom. The number of H-pyrrole nitrogens is 1. The molecule has 0 saturated heterocycles. The van der Waals surface area contributed by atoms with Gasteiger partial charge in [0, 0.05) is 5.56 Å². The van der Waals surface area contributed by atoms with Crippen molar-refractivity contribution >= 4 is 23.0 Å². The molecule has 0 atom stereocenters. The molecule has 0 bridgehead atoms. The monoisotopic (exact) mass is 375 g/mol. The minimum Gasteiger partial charge on any atom is -0.502 e. The summed E-state index contributed by atoms with van der Waals surface area (Å²) < 4.78 is 10.4. The molecule has 0 fully saturated rings. The maximum absolute atomic E-state index is 10.1. The second-order valence-corrected chi connectivity index (χ2v) is 6.34. The van der Waals surface area contributed by atoms with Crippen molar-refractivity contribution in [3.63, 3.8) is 0 Å². The van der Waals surface area contributed by atoms with Crippen molar-refractivity contribution in [3.8, 4) is 29.4 Å². The van der Waals surface area contributed by atoms with Crippen LogP contribution in [0.5, 0.6) is 17.2 Å². The molecule has 7 heteroatoms. The number of nitrogens with one attached hydrogen (secondary N) is 1. The zero-order chi connectivity index (χ0) is 20.6. The molecule has 4 N–H and O–H groups in total. The van der Waals surface area contributed by atoms with Crippen LogP contribution in [-0.2, 0) is 0 Å². The van der Waals surface area contributed by atoms with Gasteiger partial charge in [0.15, 0.2) is 17.2 Å². The predicted molar refractivity (Wildman–Crippen MR) is 104 cm³/mol. The number of phenolic OH excluding ortho intramolecular Hbond substituents is 1. The first kappa shape index (κ1) is 18.8. The second-order valence-electron chi connectivity index (χ2n) is 6.34. The minimum absolute atomic E-state index is 0.0898. The number of ether oxygens (including phenoxy) is 2. The lowest BCUT2D eigenvalue weighted by molar-refractivity contribution is -0.364. The first-order valence-corrected chi connectivity index (χ1v) is 8.42. The predicted octanol–water partition coefficient (Wildman–Crippen LogP) is 2.84. The largest absolute Gasteiger partial charge is 0.502 e. The number of hydrogen-bond acceptors (Lipinski definition) is 6. The Kier molecular flexibility index (Phi) is 4.69. The Morgan fingerprint density at radius 3 is 2.21 bits per heavy atom. The third kappa shape index (κ3) is 2.70. The number of rotatable bonds is 3. The van der Waals surface area contributed by atoms with Gasteiger partial charge in [0.25, 0.3) is 5.82 Å². The van der Waals surface area contributed by atoms with E-state index in [0.29, 0.717) is 28.0 Å². The van der Waals surface area contributed by atoms with Gasteiger partial charge in [-0.3, -0.25) is 5.73 Å². The number of aromatic hydroxyl groups is 1. The van der Waals surface area contributed by atoms with Crippen LogP contribution in [0.15, 0.2) is 17.7 Å². The number of nitrogens with two attached hydrogens (primary N) is 1. The van der Waals surface area contributed by atoms with Gasteiger partial charge in [-0.1, -0.05) is 0 Å². The number of methoxy groups -OCH3 is 2. The molecule has 7 nitrogen and oxygen atoms in total. The van der Waals surface area contributed by atoms with Gasteiger partial charge in [-0.15, -0.1) is 0 Å². The molecule has 2 aromatic rings. The zero-order valence-corrected chi connectivity index (χ0v) is 16.0. The fraction of sp³-hybridized carbons (Fsp3) is 0.190. The Labute approximate surface area is 162 Å². The average Bonchev–Trinajstić information content (AvgIpc) is 2.94. The molecule has 1 aliphatic carbocycles. The summed E-state index contributed by atoms with van der Waals surface area (Å²) in [6, 6.07) is 7.66. The third-order valence-electron chi connectivity index (χ3n) is 4.86. The number of fused-ring (bicyclic) bond motifs is 1. The summed E-state index contributed by atoms with van der Waals surface area (Å²) in [6.07, 6.45) is 1.86. The van der Waals surface area contributed by atoms with E-state index in [-0.39, 0.29) is 23.1 Å². The van der Waals surface area contributed by atoms with Gasteiger partial charge < -0.3 is 14.6 Å². The molecule has 3 rings (SSSR count). The van der Waals surface area contributed by atoms with Crippen molar-refractivity contribution in [3.05, 3.63) is 45.7 Å². The van der Waals surface area contributed by atoms with E-state index in [1.54, 1.807) is 19.1 Å². The van der Waals surface area contributed by atoms with Crippen LogP contribution < -0.4 is 20.2 Å². The molecule has 0 aliphatic heterocycles. The average molecular weight is 375 g/mol. The number of hydrogen-bond donors (Lipinski definition) is 2. The summed E-state index contributed by atoms with van der Waals surface area (Å²) in [5.41, 5.74) is 11.1. The van der Waals surface area contributed by atoms with Crippen molar-refractivity contribution in [1.29, 1.82) is 10.5 Å². The molecule has 28 heavy (non-hydrogen) atoms. The second kappa shape index (κ2) is 6.98. The number of aromatic nitrogens is 1. The molecule has 0 amide bonds. The van der Waals surface area contributed by atoms with E-state index in [4.69, 9.17) is 15.2 Å². The van der Waals surface area contributed by atoms with Gasteiger partial charge in [0.05, 0.1) is 14.2 Å². The fourth-order valence-electron chi connectivity index (χ4n) is 3.44. The highest BCUT2D eigenvalue weighted by Crippen LogP contribution is 2.44. The van der Waals surface area contributed by atoms with E-state index in [1.165, 1.54) is 14.2 Å². The highest BCUT2D eigenvalue weighted by molar-refractivity contribution is 6.07. The fourth-order valence-corrected chi connectivity index (χ4v) is 3.44. The first-order chi connectivity index (χ1) is 13.4. The van der Waals surface area contributed by atoms with Crippen LogP contribution in [0.1, 0.15) is 34.9 Å². The van der Waals surface area contributed by atoms with Crippen LogP contribution in [-0.4, -0.2) is 19.3 Å². The zero-order valence-electron chi connectivity index (χ0n) is 16.0. The van der Waals surface area contributed by atoms with Gasteiger partial charge in [0.1, 0.15) is 23.3 Å². The van der Waals surface area contributed by atoms with E-state index in [9.17, 15) is 15.6 Å². The van der Waals surface area contributed by atoms with Crippen molar-refractivity contribution in [2.45, 2.75) is 13.8 Å². The van der Waals surface area contributed by atoms with Crippen LogP contribution in [0, 0.1) is 29.6 Å². The molecule has 0 spiro atoms. The molecule has 0 saturated carbocycles. The van der Waals surface area contributed by atoms with Crippen molar-refractivity contribution in [1.82, 2.24) is 0 Å². The van der Waals surface area contributed by atoms with E-state index in [2.05, 4.69) is 17.1 Å². The summed E-state index contributed by atoms with van der Waals surface area (Å²) in [4.78, 5) is 2.99. The molecule has 1 aromatic heterocycles. The maximum atomic E-state index is 10.1. The maximum Gasteiger partial charge on any atom is 0.289 e. The molecule has 140 valence electrons. The number of nitrogens with zero attached hydrogens (tertiary/aromatic N) is 2. The van der Waals surface area contributed by atoms with Gasteiger partial charge in [-0.05, 0) is 54.3 Å². The third-order valence-corrected chi connectivity index (χ3v) is 4.86. The Morgan fingerprint density at radius 1 is 1.11 bits per heavy atom. The van der Waals surface area contributed by atoms with E-state index in [1.807, 2.05) is 13.0 Å². The lowest BCUT2D eigenvalue weighted by atomic mass is 9.95. The summed E-state index contributed by atoms with van der Waals surface area (Å²) in [5.74, 6) is 0.677. The summed E-state index contributed by atoms with van der Waals surface area (Å²) in [6.45, 7) is 3.65. The normalized spacial score (nSPS) is 13.9. The number of allylic oxidation sites excluding steroid dienone is 3. The Hall–Kier alpha value is -3.97. The molecule has 0 unspecified atom stereocenters. The van der Waals surface area contributed by atoms with Crippen LogP contribution in [0.3, 0.4) is 0 Å². The summed E-state index contributed by atoms with van der Waals surface area (Å²) >= 11 is 0. The molecule has 0 radical (unpaired) electrons. The van der Waals surface area contributed by atoms with Crippen molar-refractivity contribution < 1.29 is 19.6 Å². The SMILES string of the molecule is COc1cc(C=C2C(C)=C(C#N)c3[nH+]c(N)c(C#N)c(C)c32)cc(OC)c1O. The standard InChI is InChI=1S/C21H18N4O3/c1-10-13(5-12-6-16(27-3)20(26)17(7-12)28-4)18-11(2)15(9-23)21(24)25-19(18)14(10)8-22/h5-7,26H,1-4H3,(H2,24,25)/p+1. The van der Waals surface area contributed by atoms with Gasteiger partial charge in [-0.25, -0.2) is 4.98 Å². The summed E-state index contributed by atoms with van der Waals surface area (Å²) in [7, 11) is 2.91. The lowest BCUT2D eigenvalue weighted by Gasteiger charge is -2.11. The highest BCUT2D eigenvalue weighted by Gasteiger charge is 2.32. The number of benzene rings is 1. The van der Waals surface area contributed by atoms with E-state index < -0.39 is 0 Å². The van der Waals surface area contributed by atoms with E-state index >= 15 is 0 Å². The highest BCUT2D eigenvalue weighted by atomic mass is 16.5. The molecule has 1 heterocycles. The van der Waals surface area contributed by atoms with Crippen molar-refractivity contribution in [2.75, 3.05) is 20.0 Å². The Balaban J connectivity index is 2.32. The van der Waals surface area contributed by atoms with Gasteiger partial charge >= 0.3 is 0 Å². The Bertz CT molecular complexity index is 1120. The van der Waals surface area contributed by atoms with Gasteiger partial charge in [-0.2, -0.15) is 10.5 Å². The smallest absolute Gasteiger partial charge is 0.289 e.